The van der Waals surface area contributed by atoms with Crippen molar-refractivity contribution >= 4 is 17.5 Å². The summed E-state index contributed by atoms with van der Waals surface area (Å²) in [6, 6.07) is 0. The van der Waals surface area contributed by atoms with Crippen LogP contribution in [0.4, 0.5) is 0 Å². The Balaban J connectivity index is 2.24. The molecule has 17 heavy (non-hydrogen) atoms. The van der Waals surface area contributed by atoms with E-state index in [1.54, 1.807) is 9.58 Å². The lowest BCUT2D eigenvalue weighted by Crippen LogP contribution is -2.46. The number of hydrogen-bond acceptors (Lipinski definition) is 3. The van der Waals surface area contributed by atoms with E-state index in [-0.39, 0.29) is 5.91 Å². The summed E-state index contributed by atoms with van der Waals surface area (Å²) in [5.41, 5.74) is 1.29. The van der Waals surface area contributed by atoms with Crippen LogP contribution in [0, 0.1) is 0 Å². The SMILES string of the molecule is CCc1c(Cl)c(C(=O)N2CCNCC2)nn1C. The number of nitrogens with one attached hydrogen (secondary N) is 1. The zero-order valence-electron chi connectivity index (χ0n) is 10.2. The number of halogens is 1. The fourth-order valence-corrected chi connectivity index (χ4v) is 2.45. The third-order valence-corrected chi connectivity index (χ3v) is 3.44. The van der Waals surface area contributed by atoms with E-state index in [2.05, 4.69) is 10.4 Å². The van der Waals surface area contributed by atoms with Gasteiger partial charge in [-0.25, -0.2) is 0 Å². The Kier molecular flexibility index (Phi) is 3.69. The zero-order chi connectivity index (χ0) is 12.4. The summed E-state index contributed by atoms with van der Waals surface area (Å²) in [7, 11) is 1.82. The average molecular weight is 257 g/mol. The zero-order valence-corrected chi connectivity index (χ0v) is 10.9. The molecule has 94 valence electrons. The van der Waals surface area contributed by atoms with Gasteiger partial charge in [0.25, 0.3) is 5.91 Å². The number of aryl methyl sites for hydroxylation is 1. The van der Waals surface area contributed by atoms with Gasteiger partial charge in [0.15, 0.2) is 5.69 Å². The number of carbonyl (C=O) groups is 1. The Morgan fingerprint density at radius 1 is 1.47 bits per heavy atom. The lowest BCUT2D eigenvalue weighted by atomic mass is 10.2. The second-order valence-electron chi connectivity index (χ2n) is 4.13. The van der Waals surface area contributed by atoms with Crippen LogP contribution in [0.1, 0.15) is 23.1 Å². The third-order valence-electron chi connectivity index (χ3n) is 3.04. The standard InChI is InChI=1S/C11H17ClN4O/c1-3-8-9(12)10(14-15(8)2)11(17)16-6-4-13-5-7-16/h13H,3-7H2,1-2H3. The lowest BCUT2D eigenvalue weighted by Gasteiger charge is -2.26. The summed E-state index contributed by atoms with van der Waals surface area (Å²) in [5, 5.41) is 7.94. The molecule has 1 aromatic rings. The number of amides is 1. The number of hydrogen-bond donors (Lipinski definition) is 1. The minimum absolute atomic E-state index is 0.0631. The Morgan fingerprint density at radius 3 is 2.65 bits per heavy atom. The third kappa shape index (κ3) is 2.30. The monoisotopic (exact) mass is 256 g/mol. The van der Waals surface area contributed by atoms with E-state index < -0.39 is 0 Å². The van der Waals surface area contributed by atoms with E-state index in [0.29, 0.717) is 23.8 Å². The maximum absolute atomic E-state index is 12.2. The largest absolute Gasteiger partial charge is 0.335 e. The van der Waals surface area contributed by atoms with Gasteiger partial charge < -0.3 is 10.2 Å². The highest BCUT2D eigenvalue weighted by atomic mass is 35.5. The van der Waals surface area contributed by atoms with Crippen molar-refractivity contribution in [3.8, 4) is 0 Å². The molecule has 0 radical (unpaired) electrons. The Labute approximate surface area is 106 Å². The van der Waals surface area contributed by atoms with Gasteiger partial charge in [-0.05, 0) is 6.42 Å². The topological polar surface area (TPSA) is 50.2 Å². The van der Waals surface area contributed by atoms with Crippen LogP contribution < -0.4 is 5.32 Å². The first kappa shape index (κ1) is 12.4. The number of carbonyl (C=O) groups excluding carboxylic acids is 1. The fraction of sp³-hybridized carbons (Fsp3) is 0.636. The highest BCUT2D eigenvalue weighted by Gasteiger charge is 2.25. The molecule has 0 saturated carbocycles. The molecule has 1 fully saturated rings. The molecule has 1 N–H and O–H groups in total. The molecular formula is C11H17ClN4O. The number of aromatic nitrogens is 2. The predicted octanol–water partition coefficient (Wildman–Crippen LogP) is 0.681. The highest BCUT2D eigenvalue weighted by molar-refractivity contribution is 6.34. The first-order chi connectivity index (χ1) is 8.15. The smallest absolute Gasteiger partial charge is 0.276 e. The second-order valence-corrected chi connectivity index (χ2v) is 4.51. The summed E-state index contributed by atoms with van der Waals surface area (Å²) in [5.74, 6) is -0.0631. The first-order valence-corrected chi connectivity index (χ1v) is 6.24. The summed E-state index contributed by atoms with van der Waals surface area (Å²) in [6.45, 7) is 5.09. The fourth-order valence-electron chi connectivity index (χ4n) is 2.07. The molecule has 2 heterocycles. The van der Waals surface area contributed by atoms with Gasteiger partial charge in [-0.2, -0.15) is 5.10 Å². The Bertz CT molecular complexity index is 423. The molecule has 1 aliphatic rings. The predicted molar refractivity (Wildman–Crippen MR) is 66.4 cm³/mol. The van der Waals surface area contributed by atoms with Crippen LogP contribution in [-0.2, 0) is 13.5 Å². The maximum Gasteiger partial charge on any atom is 0.276 e. The van der Waals surface area contributed by atoms with Gasteiger partial charge in [0.1, 0.15) is 0 Å². The van der Waals surface area contributed by atoms with Crippen LogP contribution in [0.5, 0.6) is 0 Å². The molecule has 6 heteroatoms. The summed E-state index contributed by atoms with van der Waals surface area (Å²) >= 11 is 6.20. The van der Waals surface area contributed by atoms with E-state index in [9.17, 15) is 4.79 Å². The van der Waals surface area contributed by atoms with Crippen molar-refractivity contribution in [1.29, 1.82) is 0 Å². The molecule has 1 aliphatic heterocycles. The minimum atomic E-state index is -0.0631. The molecule has 0 spiro atoms. The van der Waals surface area contributed by atoms with Gasteiger partial charge in [-0.15, -0.1) is 0 Å². The van der Waals surface area contributed by atoms with Crippen molar-refractivity contribution in [3.63, 3.8) is 0 Å². The van der Waals surface area contributed by atoms with Crippen molar-refractivity contribution in [3.05, 3.63) is 16.4 Å². The van der Waals surface area contributed by atoms with Gasteiger partial charge in [0, 0.05) is 33.2 Å². The van der Waals surface area contributed by atoms with Crippen molar-refractivity contribution < 1.29 is 4.79 Å². The molecule has 5 nitrogen and oxygen atoms in total. The van der Waals surface area contributed by atoms with E-state index >= 15 is 0 Å². The number of piperazine rings is 1. The molecule has 0 bridgehead atoms. The second kappa shape index (κ2) is 5.06. The maximum atomic E-state index is 12.2. The Morgan fingerprint density at radius 2 is 2.12 bits per heavy atom. The molecule has 0 unspecified atom stereocenters. The lowest BCUT2D eigenvalue weighted by molar-refractivity contribution is 0.0729. The highest BCUT2D eigenvalue weighted by Crippen LogP contribution is 2.22. The summed E-state index contributed by atoms with van der Waals surface area (Å²) in [6.07, 6.45) is 0.775. The minimum Gasteiger partial charge on any atom is -0.335 e. The van der Waals surface area contributed by atoms with Crippen LogP contribution in [0.25, 0.3) is 0 Å². The van der Waals surface area contributed by atoms with Crippen molar-refractivity contribution in [2.75, 3.05) is 26.2 Å². The van der Waals surface area contributed by atoms with Crippen LogP contribution in [-0.4, -0.2) is 46.8 Å². The van der Waals surface area contributed by atoms with Crippen LogP contribution in [0.15, 0.2) is 0 Å². The van der Waals surface area contributed by atoms with Crippen molar-refractivity contribution in [2.24, 2.45) is 7.05 Å². The molecular weight excluding hydrogens is 240 g/mol. The molecule has 1 aromatic heterocycles. The molecule has 1 saturated heterocycles. The van der Waals surface area contributed by atoms with Crippen LogP contribution >= 0.6 is 11.6 Å². The molecule has 2 rings (SSSR count). The number of rotatable bonds is 2. The van der Waals surface area contributed by atoms with Gasteiger partial charge in [-0.1, -0.05) is 18.5 Å². The van der Waals surface area contributed by atoms with E-state index in [1.165, 1.54) is 0 Å². The van der Waals surface area contributed by atoms with Crippen molar-refractivity contribution in [2.45, 2.75) is 13.3 Å². The van der Waals surface area contributed by atoms with Crippen LogP contribution in [0.2, 0.25) is 5.02 Å². The van der Waals surface area contributed by atoms with Gasteiger partial charge in [-0.3, -0.25) is 9.48 Å². The molecule has 0 aliphatic carbocycles. The molecule has 0 aromatic carbocycles. The Hall–Kier alpha value is -1.07. The van der Waals surface area contributed by atoms with E-state index in [1.807, 2.05) is 14.0 Å². The average Bonchev–Trinajstić information content (AvgIpc) is 2.64. The van der Waals surface area contributed by atoms with Gasteiger partial charge in [0.05, 0.1) is 10.7 Å². The van der Waals surface area contributed by atoms with Gasteiger partial charge in [0.2, 0.25) is 0 Å². The summed E-state index contributed by atoms with van der Waals surface area (Å²) < 4.78 is 1.69. The van der Waals surface area contributed by atoms with E-state index in [4.69, 9.17) is 11.6 Å². The molecule has 0 atom stereocenters. The van der Waals surface area contributed by atoms with Crippen molar-refractivity contribution in [1.82, 2.24) is 20.0 Å². The molecule has 1 amide bonds. The first-order valence-electron chi connectivity index (χ1n) is 5.86. The van der Waals surface area contributed by atoms with E-state index in [0.717, 1.165) is 25.2 Å². The quantitative estimate of drug-likeness (QED) is 0.847. The summed E-state index contributed by atoms with van der Waals surface area (Å²) in [4.78, 5) is 14.0. The normalized spacial score (nSPS) is 16.3. The van der Waals surface area contributed by atoms with Gasteiger partial charge >= 0.3 is 0 Å². The number of nitrogens with zero attached hydrogens (tertiary/aromatic N) is 3. The van der Waals surface area contributed by atoms with Crippen LogP contribution in [0.3, 0.4) is 0 Å².